The number of nitrogens with one attached hydrogen (secondary N) is 1. The number of halogens is 1. The molecule has 1 aromatic carbocycles. The van der Waals surface area contributed by atoms with E-state index in [0.717, 1.165) is 38.0 Å². The van der Waals surface area contributed by atoms with E-state index in [1.807, 2.05) is 17.0 Å². The lowest BCUT2D eigenvalue weighted by molar-refractivity contribution is -0.138. The quantitative estimate of drug-likeness (QED) is 0.923. The van der Waals surface area contributed by atoms with Gasteiger partial charge in [0.2, 0.25) is 17.6 Å². The van der Waals surface area contributed by atoms with Crippen LogP contribution in [0.2, 0.25) is 5.02 Å². The summed E-state index contributed by atoms with van der Waals surface area (Å²) in [7, 11) is 0. The van der Waals surface area contributed by atoms with Crippen LogP contribution < -0.4 is 5.32 Å². The van der Waals surface area contributed by atoms with Crippen molar-refractivity contribution in [1.29, 1.82) is 0 Å². The Balaban J connectivity index is 1.47. The van der Waals surface area contributed by atoms with Gasteiger partial charge in [-0.05, 0) is 37.1 Å². The lowest BCUT2D eigenvalue weighted by Gasteiger charge is -2.36. The largest absolute Gasteiger partial charge is 0.342 e. The van der Waals surface area contributed by atoms with Crippen LogP contribution in [-0.2, 0) is 4.79 Å². The molecule has 1 N–H and O–H groups in total. The van der Waals surface area contributed by atoms with Gasteiger partial charge in [0.25, 0.3) is 0 Å². The molecule has 3 heterocycles. The van der Waals surface area contributed by atoms with Crippen molar-refractivity contribution in [1.82, 2.24) is 20.4 Å². The summed E-state index contributed by atoms with van der Waals surface area (Å²) in [4.78, 5) is 18.9. The second-order valence-electron chi connectivity index (χ2n) is 6.44. The Hall–Kier alpha value is -1.92. The molecule has 2 fully saturated rings. The third kappa shape index (κ3) is 3.03. The van der Waals surface area contributed by atoms with Crippen molar-refractivity contribution in [3.05, 3.63) is 35.2 Å². The molecule has 0 spiro atoms. The van der Waals surface area contributed by atoms with Crippen LogP contribution in [0.3, 0.4) is 0 Å². The van der Waals surface area contributed by atoms with Gasteiger partial charge in [0.05, 0.1) is 11.8 Å². The molecular formula is C17H19ClN4O2. The normalized spacial score (nSPS) is 21.5. The van der Waals surface area contributed by atoms with Crippen LogP contribution in [0, 0.1) is 5.92 Å². The number of amides is 1. The summed E-state index contributed by atoms with van der Waals surface area (Å²) in [5.74, 6) is 1.67. The highest BCUT2D eigenvalue weighted by Crippen LogP contribution is 2.29. The molecule has 1 amide bonds. The highest BCUT2D eigenvalue weighted by atomic mass is 35.5. The maximum Gasteiger partial charge on any atom is 0.231 e. The van der Waals surface area contributed by atoms with Crippen molar-refractivity contribution < 1.29 is 9.32 Å². The molecule has 2 aliphatic rings. The maximum absolute atomic E-state index is 12.4. The zero-order valence-corrected chi connectivity index (χ0v) is 14.0. The summed E-state index contributed by atoms with van der Waals surface area (Å²) < 4.78 is 5.47. The summed E-state index contributed by atoms with van der Waals surface area (Å²) in [6, 6.07) is 7.36. The smallest absolute Gasteiger partial charge is 0.231 e. The molecule has 2 aliphatic heterocycles. The summed E-state index contributed by atoms with van der Waals surface area (Å²) in [6.07, 6.45) is 1.93. The highest BCUT2D eigenvalue weighted by Gasteiger charge is 2.34. The average Bonchev–Trinajstić information content (AvgIpc) is 3.04. The molecule has 4 rings (SSSR count). The lowest BCUT2D eigenvalue weighted by Crippen LogP contribution is -2.53. The van der Waals surface area contributed by atoms with E-state index in [2.05, 4.69) is 15.5 Å². The zero-order valence-electron chi connectivity index (χ0n) is 13.2. The van der Waals surface area contributed by atoms with Crippen molar-refractivity contribution in [3.8, 4) is 11.4 Å². The van der Waals surface area contributed by atoms with Crippen LogP contribution in [-0.4, -0.2) is 47.1 Å². The van der Waals surface area contributed by atoms with E-state index in [4.69, 9.17) is 16.1 Å². The number of nitrogens with zero attached hydrogens (tertiary/aromatic N) is 3. The number of hydrogen-bond donors (Lipinski definition) is 1. The second-order valence-corrected chi connectivity index (χ2v) is 6.88. The number of aromatic nitrogens is 2. The van der Waals surface area contributed by atoms with Gasteiger partial charge in [0.15, 0.2) is 0 Å². The molecule has 1 unspecified atom stereocenters. The number of benzene rings is 1. The summed E-state index contributed by atoms with van der Waals surface area (Å²) in [5, 5.41) is 7.91. The summed E-state index contributed by atoms with van der Waals surface area (Å²) in [5.41, 5.74) is 0.874. The third-order valence-electron chi connectivity index (χ3n) is 4.76. The molecule has 126 valence electrons. The minimum atomic E-state index is 0.115. The van der Waals surface area contributed by atoms with Gasteiger partial charge >= 0.3 is 0 Å². The van der Waals surface area contributed by atoms with Gasteiger partial charge < -0.3 is 14.7 Å². The highest BCUT2D eigenvalue weighted by molar-refractivity contribution is 6.30. The molecule has 1 aromatic heterocycles. The van der Waals surface area contributed by atoms with Gasteiger partial charge in [-0.3, -0.25) is 4.79 Å². The number of rotatable bonds is 3. The monoisotopic (exact) mass is 346 g/mol. The lowest BCUT2D eigenvalue weighted by atomic mass is 9.95. The summed E-state index contributed by atoms with van der Waals surface area (Å²) >= 11 is 5.91. The summed E-state index contributed by atoms with van der Waals surface area (Å²) in [6.45, 7) is 3.07. The van der Waals surface area contributed by atoms with E-state index in [-0.39, 0.29) is 17.7 Å². The van der Waals surface area contributed by atoms with Crippen LogP contribution >= 0.6 is 11.6 Å². The van der Waals surface area contributed by atoms with Crippen LogP contribution in [0.25, 0.3) is 11.4 Å². The molecule has 1 atom stereocenters. The topological polar surface area (TPSA) is 71.3 Å². The van der Waals surface area contributed by atoms with E-state index in [1.54, 1.807) is 12.1 Å². The Labute approximate surface area is 145 Å². The minimum Gasteiger partial charge on any atom is -0.342 e. The van der Waals surface area contributed by atoms with Gasteiger partial charge in [-0.15, -0.1) is 0 Å². The van der Waals surface area contributed by atoms with Crippen LogP contribution in [0.15, 0.2) is 28.8 Å². The Bertz CT molecular complexity index is 726. The Morgan fingerprint density at radius 3 is 2.79 bits per heavy atom. The Morgan fingerprint density at radius 2 is 2.08 bits per heavy atom. The SMILES string of the molecule is O=C(C1CNC1)N1CCCC(c2nc(-c3ccc(Cl)cc3)no2)C1. The van der Waals surface area contributed by atoms with Gasteiger partial charge in [-0.2, -0.15) is 4.98 Å². The fraction of sp³-hybridized carbons (Fsp3) is 0.471. The molecule has 0 radical (unpaired) electrons. The Morgan fingerprint density at radius 1 is 1.29 bits per heavy atom. The predicted molar refractivity (Wildman–Crippen MR) is 89.7 cm³/mol. The fourth-order valence-electron chi connectivity index (χ4n) is 3.22. The maximum atomic E-state index is 12.4. The van der Waals surface area contributed by atoms with Gasteiger partial charge in [0.1, 0.15) is 0 Å². The van der Waals surface area contributed by atoms with E-state index >= 15 is 0 Å². The average molecular weight is 347 g/mol. The predicted octanol–water partition coefficient (Wildman–Crippen LogP) is 2.32. The van der Waals surface area contributed by atoms with E-state index in [0.29, 0.717) is 23.3 Å². The standard InChI is InChI=1S/C17H19ClN4O2/c18-14-5-3-11(4-6-14)15-20-16(24-21-15)12-2-1-7-22(10-12)17(23)13-8-19-9-13/h3-6,12-13,19H,1-2,7-10H2. The zero-order chi connectivity index (χ0) is 16.5. The first-order valence-electron chi connectivity index (χ1n) is 8.30. The number of carbonyl (C=O) groups is 1. The number of likely N-dealkylation sites (tertiary alicyclic amines) is 1. The first kappa shape index (κ1) is 15.6. The first-order chi connectivity index (χ1) is 11.7. The van der Waals surface area contributed by atoms with E-state index in [1.165, 1.54) is 0 Å². The second kappa shape index (κ2) is 6.53. The fourth-order valence-corrected chi connectivity index (χ4v) is 3.34. The van der Waals surface area contributed by atoms with Crippen molar-refractivity contribution in [2.75, 3.05) is 26.2 Å². The third-order valence-corrected chi connectivity index (χ3v) is 5.01. The van der Waals surface area contributed by atoms with Gasteiger partial charge in [-0.25, -0.2) is 0 Å². The van der Waals surface area contributed by atoms with Crippen molar-refractivity contribution in [3.63, 3.8) is 0 Å². The van der Waals surface area contributed by atoms with Crippen molar-refractivity contribution in [2.45, 2.75) is 18.8 Å². The molecule has 6 nitrogen and oxygen atoms in total. The number of carbonyl (C=O) groups excluding carboxylic acids is 1. The first-order valence-corrected chi connectivity index (χ1v) is 8.67. The minimum absolute atomic E-state index is 0.115. The van der Waals surface area contributed by atoms with Gasteiger partial charge in [0, 0.05) is 36.8 Å². The molecule has 7 heteroatoms. The van der Waals surface area contributed by atoms with Crippen LogP contribution in [0.4, 0.5) is 0 Å². The molecule has 0 saturated carbocycles. The molecule has 24 heavy (non-hydrogen) atoms. The van der Waals surface area contributed by atoms with Crippen molar-refractivity contribution in [2.24, 2.45) is 5.92 Å². The van der Waals surface area contributed by atoms with Crippen LogP contribution in [0.1, 0.15) is 24.7 Å². The number of piperidine rings is 1. The molecule has 0 bridgehead atoms. The van der Waals surface area contributed by atoms with Crippen LogP contribution in [0.5, 0.6) is 0 Å². The van der Waals surface area contributed by atoms with Gasteiger partial charge in [-0.1, -0.05) is 16.8 Å². The molecular weight excluding hydrogens is 328 g/mol. The van der Waals surface area contributed by atoms with E-state index < -0.39 is 0 Å². The molecule has 2 saturated heterocycles. The Kier molecular flexibility index (Phi) is 4.24. The van der Waals surface area contributed by atoms with Crippen molar-refractivity contribution >= 4 is 17.5 Å². The number of hydrogen-bond acceptors (Lipinski definition) is 5. The molecule has 0 aliphatic carbocycles. The molecule has 2 aromatic rings. The van der Waals surface area contributed by atoms with E-state index in [9.17, 15) is 4.79 Å².